The van der Waals surface area contributed by atoms with Crippen molar-refractivity contribution in [3.8, 4) is 5.75 Å². The van der Waals surface area contributed by atoms with Crippen molar-refractivity contribution < 1.29 is 18.7 Å². The molecule has 170 valence electrons. The van der Waals surface area contributed by atoms with E-state index >= 15 is 0 Å². The van der Waals surface area contributed by atoms with Gasteiger partial charge in [-0.3, -0.25) is 19.3 Å². The van der Waals surface area contributed by atoms with Crippen LogP contribution in [0.2, 0.25) is 0 Å². The summed E-state index contributed by atoms with van der Waals surface area (Å²) in [5, 5.41) is 0.427. The van der Waals surface area contributed by atoms with Gasteiger partial charge >= 0.3 is 0 Å². The monoisotopic (exact) mass is 453 g/mol. The smallest absolute Gasteiger partial charge is 0.295 e. The molecule has 0 N–H and O–H groups in total. The minimum Gasteiger partial charge on any atom is -0.494 e. The van der Waals surface area contributed by atoms with Crippen LogP contribution in [0.25, 0.3) is 11.0 Å². The van der Waals surface area contributed by atoms with Crippen molar-refractivity contribution in [1.82, 2.24) is 0 Å². The number of carbonyl (C=O) groups excluding carboxylic acids is 2. The van der Waals surface area contributed by atoms with Crippen molar-refractivity contribution >= 4 is 28.3 Å². The van der Waals surface area contributed by atoms with E-state index in [0.717, 1.165) is 17.7 Å². The zero-order valence-corrected chi connectivity index (χ0v) is 18.9. The first kappa shape index (κ1) is 21.6. The highest BCUT2D eigenvalue weighted by Gasteiger charge is 2.43. The zero-order valence-electron chi connectivity index (χ0n) is 18.9. The predicted octanol–water partition coefficient (Wildman–Crippen LogP) is 5.53. The molecule has 1 aromatic heterocycles. The van der Waals surface area contributed by atoms with Gasteiger partial charge in [0.1, 0.15) is 11.3 Å². The first-order valence-electron chi connectivity index (χ1n) is 11.2. The van der Waals surface area contributed by atoms with Crippen LogP contribution in [-0.2, 0) is 0 Å². The van der Waals surface area contributed by atoms with Gasteiger partial charge in [-0.25, -0.2) is 0 Å². The Morgan fingerprint density at radius 3 is 2.35 bits per heavy atom. The topological polar surface area (TPSA) is 76.8 Å². The highest BCUT2D eigenvalue weighted by Crippen LogP contribution is 2.41. The SMILES string of the molecule is CCCOc1ccc(C2c3c(oc4ccccc4c3=O)C(=O)N2c2ccc(C(C)=O)cc2)cc1. The van der Waals surface area contributed by atoms with Crippen molar-refractivity contribution in [3.05, 3.63) is 105 Å². The third kappa shape index (κ3) is 3.57. The number of para-hydroxylation sites is 1. The first-order valence-corrected chi connectivity index (χ1v) is 11.2. The minimum atomic E-state index is -0.674. The number of rotatable bonds is 6. The fourth-order valence-corrected chi connectivity index (χ4v) is 4.32. The molecule has 2 heterocycles. The Morgan fingerprint density at radius 1 is 0.971 bits per heavy atom. The van der Waals surface area contributed by atoms with Gasteiger partial charge < -0.3 is 9.15 Å². The number of ether oxygens (including phenoxy) is 1. The maximum absolute atomic E-state index is 13.6. The number of hydrogen-bond acceptors (Lipinski definition) is 5. The average molecular weight is 453 g/mol. The van der Waals surface area contributed by atoms with E-state index in [1.54, 1.807) is 53.4 Å². The minimum absolute atomic E-state index is 0.0376. The second-order valence-electron chi connectivity index (χ2n) is 8.27. The molecule has 0 aliphatic carbocycles. The van der Waals surface area contributed by atoms with E-state index in [9.17, 15) is 14.4 Å². The highest BCUT2D eigenvalue weighted by atomic mass is 16.5. The average Bonchev–Trinajstić information content (AvgIpc) is 3.15. The summed E-state index contributed by atoms with van der Waals surface area (Å²) in [5.74, 6) is 0.295. The lowest BCUT2D eigenvalue weighted by Gasteiger charge is -2.25. The second kappa shape index (κ2) is 8.63. The summed E-state index contributed by atoms with van der Waals surface area (Å²) in [4.78, 5) is 40.5. The van der Waals surface area contributed by atoms with Crippen molar-refractivity contribution in [2.24, 2.45) is 0 Å². The number of Topliss-reactive ketones (excluding diaryl/α,β-unsaturated/α-hetero) is 1. The summed E-state index contributed by atoms with van der Waals surface area (Å²) in [7, 11) is 0. The number of fused-ring (bicyclic) bond motifs is 2. The lowest BCUT2D eigenvalue weighted by molar-refractivity contribution is 0.0970. The summed E-state index contributed by atoms with van der Waals surface area (Å²) in [6.07, 6.45) is 0.893. The lowest BCUT2D eigenvalue weighted by Crippen LogP contribution is -2.29. The van der Waals surface area contributed by atoms with Gasteiger partial charge in [-0.15, -0.1) is 0 Å². The molecule has 3 aromatic carbocycles. The van der Waals surface area contributed by atoms with Crippen LogP contribution in [0.15, 0.2) is 82.0 Å². The van der Waals surface area contributed by atoms with Gasteiger partial charge in [0.05, 0.1) is 23.6 Å². The number of benzene rings is 3. The summed E-state index contributed by atoms with van der Waals surface area (Å²) in [5.41, 5.74) is 2.32. The van der Waals surface area contributed by atoms with Gasteiger partial charge in [-0.05, 0) is 67.4 Å². The van der Waals surface area contributed by atoms with Crippen molar-refractivity contribution in [2.75, 3.05) is 11.5 Å². The first-order chi connectivity index (χ1) is 16.5. The van der Waals surface area contributed by atoms with Crippen LogP contribution >= 0.6 is 0 Å². The molecule has 0 spiro atoms. The fraction of sp³-hybridized carbons (Fsp3) is 0.179. The third-order valence-electron chi connectivity index (χ3n) is 6.00. The number of carbonyl (C=O) groups is 2. The summed E-state index contributed by atoms with van der Waals surface area (Å²) < 4.78 is 11.7. The molecule has 1 aliphatic rings. The molecular formula is C28H23NO5. The molecule has 0 saturated carbocycles. The van der Waals surface area contributed by atoms with E-state index in [4.69, 9.17) is 9.15 Å². The van der Waals surface area contributed by atoms with Gasteiger partial charge in [-0.2, -0.15) is 0 Å². The molecule has 5 rings (SSSR count). The van der Waals surface area contributed by atoms with E-state index in [1.165, 1.54) is 6.92 Å². The predicted molar refractivity (Wildman–Crippen MR) is 130 cm³/mol. The third-order valence-corrected chi connectivity index (χ3v) is 6.00. The van der Waals surface area contributed by atoms with E-state index in [-0.39, 0.29) is 17.0 Å². The molecule has 1 amide bonds. The number of ketones is 1. The number of amides is 1. The van der Waals surface area contributed by atoms with E-state index in [1.807, 2.05) is 31.2 Å². The summed E-state index contributed by atoms with van der Waals surface area (Å²) in [6, 6.07) is 20.5. The fourth-order valence-electron chi connectivity index (χ4n) is 4.32. The van der Waals surface area contributed by atoms with Gasteiger partial charge in [0.25, 0.3) is 5.91 Å². The van der Waals surface area contributed by atoms with Crippen LogP contribution < -0.4 is 15.1 Å². The van der Waals surface area contributed by atoms with E-state index in [0.29, 0.717) is 34.4 Å². The molecule has 0 saturated heterocycles. The van der Waals surface area contributed by atoms with Gasteiger partial charge in [0.2, 0.25) is 5.76 Å². The van der Waals surface area contributed by atoms with Crippen LogP contribution in [-0.4, -0.2) is 18.3 Å². The van der Waals surface area contributed by atoms with Gasteiger partial charge in [0, 0.05) is 11.3 Å². The van der Waals surface area contributed by atoms with Crippen LogP contribution in [0.3, 0.4) is 0 Å². The number of nitrogens with zero attached hydrogens (tertiary/aromatic N) is 1. The Labute approximate surface area is 196 Å². The second-order valence-corrected chi connectivity index (χ2v) is 8.27. The molecule has 0 radical (unpaired) electrons. The van der Waals surface area contributed by atoms with Crippen LogP contribution in [0.5, 0.6) is 5.75 Å². The maximum Gasteiger partial charge on any atom is 0.295 e. The normalized spacial score (nSPS) is 14.9. The lowest BCUT2D eigenvalue weighted by atomic mass is 9.98. The highest BCUT2D eigenvalue weighted by molar-refractivity contribution is 6.10. The quantitative estimate of drug-likeness (QED) is 0.359. The summed E-state index contributed by atoms with van der Waals surface area (Å²) in [6.45, 7) is 4.13. The standard InChI is InChI=1S/C28H23NO5/c1-3-16-33-21-14-10-19(11-15-21)25-24-26(31)22-6-4-5-7-23(22)34-27(24)28(32)29(25)20-12-8-18(9-13-20)17(2)30/h4-15,25H,3,16H2,1-2H3. The Hall–Kier alpha value is -4.19. The zero-order chi connectivity index (χ0) is 23.8. The molecule has 1 unspecified atom stereocenters. The number of anilines is 1. The van der Waals surface area contributed by atoms with Crippen molar-refractivity contribution in [1.29, 1.82) is 0 Å². The molecule has 6 nitrogen and oxygen atoms in total. The number of hydrogen-bond donors (Lipinski definition) is 0. The van der Waals surface area contributed by atoms with Crippen molar-refractivity contribution in [2.45, 2.75) is 26.3 Å². The van der Waals surface area contributed by atoms with Crippen LogP contribution in [0.4, 0.5) is 5.69 Å². The summed E-state index contributed by atoms with van der Waals surface area (Å²) >= 11 is 0. The Morgan fingerprint density at radius 2 is 1.68 bits per heavy atom. The van der Waals surface area contributed by atoms with Gasteiger partial charge in [-0.1, -0.05) is 31.2 Å². The van der Waals surface area contributed by atoms with Crippen LogP contribution in [0, 0.1) is 0 Å². The maximum atomic E-state index is 13.6. The molecule has 1 aliphatic heterocycles. The van der Waals surface area contributed by atoms with Crippen molar-refractivity contribution in [3.63, 3.8) is 0 Å². The molecular weight excluding hydrogens is 430 g/mol. The molecule has 1 atom stereocenters. The molecule has 0 fully saturated rings. The Bertz CT molecular complexity index is 1450. The largest absolute Gasteiger partial charge is 0.494 e. The molecule has 0 bridgehead atoms. The molecule has 4 aromatic rings. The molecule has 34 heavy (non-hydrogen) atoms. The molecule has 6 heteroatoms. The Balaban J connectivity index is 1.69. The van der Waals surface area contributed by atoms with E-state index < -0.39 is 11.9 Å². The van der Waals surface area contributed by atoms with Crippen LogP contribution in [0.1, 0.15) is 58.3 Å². The Kier molecular flexibility index (Phi) is 5.49. The van der Waals surface area contributed by atoms with E-state index in [2.05, 4.69) is 0 Å². The van der Waals surface area contributed by atoms with Gasteiger partial charge in [0.15, 0.2) is 11.2 Å².